The fraction of sp³-hybridized carbons (Fsp3) is 0.455. The van der Waals surface area contributed by atoms with Gasteiger partial charge in [0.1, 0.15) is 0 Å². The number of aliphatic hydroxyl groups excluding tert-OH is 1. The number of nitrogens with two attached hydrogens (primary N) is 1. The average Bonchev–Trinajstić information content (AvgIpc) is 2.15. The van der Waals surface area contributed by atoms with Crippen LogP contribution in [0.1, 0.15) is 13.3 Å². The van der Waals surface area contributed by atoms with Crippen molar-refractivity contribution in [2.75, 3.05) is 24.2 Å². The predicted molar refractivity (Wildman–Crippen MR) is 60.2 cm³/mol. The van der Waals surface area contributed by atoms with Crippen LogP contribution in [0.2, 0.25) is 0 Å². The Morgan fingerprint density at radius 3 is 2.93 bits per heavy atom. The summed E-state index contributed by atoms with van der Waals surface area (Å²) in [5, 5.41) is 12.0. The molecule has 0 saturated heterocycles. The lowest BCUT2D eigenvalue weighted by atomic mass is 10.1. The van der Waals surface area contributed by atoms with Crippen molar-refractivity contribution in [3.63, 3.8) is 0 Å². The van der Waals surface area contributed by atoms with Crippen LogP contribution in [0.5, 0.6) is 0 Å². The molecule has 0 saturated carbocycles. The number of hydrogen-bond donors (Lipinski definition) is 3. The van der Waals surface area contributed by atoms with E-state index in [0.29, 0.717) is 5.92 Å². The third-order valence-corrected chi connectivity index (χ3v) is 2.16. The van der Waals surface area contributed by atoms with Gasteiger partial charge in [-0.15, -0.1) is 0 Å². The fourth-order valence-electron chi connectivity index (χ4n) is 1.26. The summed E-state index contributed by atoms with van der Waals surface area (Å²) in [6, 6.07) is 7.68. The highest BCUT2D eigenvalue weighted by molar-refractivity contribution is 5.53. The van der Waals surface area contributed by atoms with E-state index in [1.54, 1.807) is 0 Å². The third-order valence-electron chi connectivity index (χ3n) is 2.16. The van der Waals surface area contributed by atoms with Crippen molar-refractivity contribution in [2.24, 2.45) is 5.92 Å². The molecule has 0 amide bonds. The van der Waals surface area contributed by atoms with E-state index in [0.717, 1.165) is 24.3 Å². The highest BCUT2D eigenvalue weighted by Crippen LogP contribution is 2.12. The van der Waals surface area contributed by atoms with Gasteiger partial charge in [-0.25, -0.2) is 0 Å². The van der Waals surface area contributed by atoms with Crippen LogP contribution in [0, 0.1) is 5.92 Å². The first-order valence-corrected chi connectivity index (χ1v) is 4.92. The van der Waals surface area contributed by atoms with Gasteiger partial charge in [-0.1, -0.05) is 13.0 Å². The maximum absolute atomic E-state index is 8.73. The van der Waals surface area contributed by atoms with Gasteiger partial charge in [0.15, 0.2) is 0 Å². The first-order valence-electron chi connectivity index (χ1n) is 4.92. The number of nitrogen functional groups attached to an aromatic ring is 1. The lowest BCUT2D eigenvalue weighted by Gasteiger charge is -2.12. The number of anilines is 2. The molecule has 0 spiro atoms. The van der Waals surface area contributed by atoms with Crippen molar-refractivity contribution >= 4 is 11.4 Å². The van der Waals surface area contributed by atoms with Gasteiger partial charge in [0.2, 0.25) is 0 Å². The monoisotopic (exact) mass is 194 g/mol. The Balaban J connectivity index is 2.37. The Kier molecular flexibility index (Phi) is 4.26. The second kappa shape index (κ2) is 5.50. The summed E-state index contributed by atoms with van der Waals surface area (Å²) < 4.78 is 0. The molecule has 3 heteroatoms. The van der Waals surface area contributed by atoms with Crippen molar-refractivity contribution in [3.8, 4) is 0 Å². The summed E-state index contributed by atoms with van der Waals surface area (Å²) in [6.45, 7) is 3.22. The first-order chi connectivity index (χ1) is 6.72. The molecule has 1 atom stereocenters. The van der Waals surface area contributed by atoms with E-state index in [1.807, 2.05) is 24.3 Å². The van der Waals surface area contributed by atoms with E-state index in [9.17, 15) is 0 Å². The van der Waals surface area contributed by atoms with Crippen LogP contribution >= 0.6 is 0 Å². The zero-order chi connectivity index (χ0) is 10.4. The topological polar surface area (TPSA) is 58.3 Å². The lowest BCUT2D eigenvalue weighted by molar-refractivity contribution is 0.266. The molecule has 78 valence electrons. The van der Waals surface area contributed by atoms with E-state index in [1.165, 1.54) is 0 Å². The third kappa shape index (κ3) is 3.66. The molecule has 0 fully saturated rings. The number of rotatable bonds is 5. The van der Waals surface area contributed by atoms with Crippen molar-refractivity contribution in [3.05, 3.63) is 24.3 Å². The Morgan fingerprint density at radius 1 is 1.50 bits per heavy atom. The SMILES string of the molecule is CC(CCO)CNc1cccc(N)c1. The fourth-order valence-corrected chi connectivity index (χ4v) is 1.26. The molecule has 4 N–H and O–H groups in total. The van der Waals surface area contributed by atoms with E-state index >= 15 is 0 Å². The van der Waals surface area contributed by atoms with E-state index in [2.05, 4.69) is 12.2 Å². The van der Waals surface area contributed by atoms with Crippen LogP contribution in [-0.4, -0.2) is 18.3 Å². The second-order valence-electron chi connectivity index (χ2n) is 3.62. The van der Waals surface area contributed by atoms with E-state index in [-0.39, 0.29) is 6.61 Å². The molecule has 1 aromatic rings. The maximum atomic E-state index is 8.73. The minimum atomic E-state index is 0.250. The highest BCUT2D eigenvalue weighted by Gasteiger charge is 2.00. The van der Waals surface area contributed by atoms with Gasteiger partial charge >= 0.3 is 0 Å². The summed E-state index contributed by atoms with van der Waals surface area (Å²) in [4.78, 5) is 0. The molecule has 1 aromatic carbocycles. The van der Waals surface area contributed by atoms with Gasteiger partial charge < -0.3 is 16.2 Å². The Hall–Kier alpha value is -1.22. The Bertz CT molecular complexity index is 276. The maximum Gasteiger partial charge on any atom is 0.0434 e. The summed E-state index contributed by atoms with van der Waals surface area (Å²) in [6.07, 6.45) is 0.829. The molecule has 0 radical (unpaired) electrons. The van der Waals surface area contributed by atoms with Crippen molar-refractivity contribution in [1.82, 2.24) is 0 Å². The summed E-state index contributed by atoms with van der Waals surface area (Å²) in [5.74, 6) is 0.474. The summed E-state index contributed by atoms with van der Waals surface area (Å²) >= 11 is 0. The van der Waals surface area contributed by atoms with Crippen molar-refractivity contribution in [2.45, 2.75) is 13.3 Å². The molecule has 0 aliphatic heterocycles. The number of aliphatic hydroxyl groups is 1. The number of hydrogen-bond acceptors (Lipinski definition) is 3. The summed E-state index contributed by atoms with van der Waals surface area (Å²) in [5.41, 5.74) is 7.45. The van der Waals surface area contributed by atoms with Crippen LogP contribution < -0.4 is 11.1 Å². The van der Waals surface area contributed by atoms with Crippen LogP contribution in [0.25, 0.3) is 0 Å². The molecule has 1 rings (SSSR count). The Morgan fingerprint density at radius 2 is 2.29 bits per heavy atom. The van der Waals surface area contributed by atoms with Gasteiger partial charge in [0.25, 0.3) is 0 Å². The van der Waals surface area contributed by atoms with E-state index in [4.69, 9.17) is 10.8 Å². The quantitative estimate of drug-likeness (QED) is 0.625. The van der Waals surface area contributed by atoms with Crippen molar-refractivity contribution in [1.29, 1.82) is 0 Å². The van der Waals surface area contributed by atoms with Crippen LogP contribution in [0.4, 0.5) is 11.4 Å². The molecule has 0 aromatic heterocycles. The Labute approximate surface area is 84.9 Å². The first kappa shape index (κ1) is 10.9. The zero-order valence-electron chi connectivity index (χ0n) is 8.53. The number of benzene rings is 1. The van der Waals surface area contributed by atoms with Gasteiger partial charge in [-0.3, -0.25) is 0 Å². The molecule has 0 heterocycles. The van der Waals surface area contributed by atoms with Gasteiger partial charge in [0.05, 0.1) is 0 Å². The molecule has 14 heavy (non-hydrogen) atoms. The highest BCUT2D eigenvalue weighted by atomic mass is 16.3. The molecule has 1 unspecified atom stereocenters. The largest absolute Gasteiger partial charge is 0.399 e. The lowest BCUT2D eigenvalue weighted by Crippen LogP contribution is -2.12. The van der Waals surface area contributed by atoms with Crippen molar-refractivity contribution < 1.29 is 5.11 Å². The molecule has 3 nitrogen and oxygen atoms in total. The molecule has 0 aliphatic rings. The molecule has 0 aliphatic carbocycles. The van der Waals surface area contributed by atoms with Crippen LogP contribution in [0.3, 0.4) is 0 Å². The average molecular weight is 194 g/mol. The normalized spacial score (nSPS) is 12.4. The summed E-state index contributed by atoms with van der Waals surface area (Å²) in [7, 11) is 0. The standard InChI is InChI=1S/C11H18N2O/c1-9(5-6-14)8-13-11-4-2-3-10(12)7-11/h2-4,7,9,13-14H,5-6,8,12H2,1H3. The van der Waals surface area contributed by atoms with Crippen LogP contribution in [-0.2, 0) is 0 Å². The minimum Gasteiger partial charge on any atom is -0.399 e. The number of nitrogens with one attached hydrogen (secondary N) is 1. The zero-order valence-corrected chi connectivity index (χ0v) is 8.53. The molecule has 0 bridgehead atoms. The molecular weight excluding hydrogens is 176 g/mol. The molecular formula is C11H18N2O. The smallest absolute Gasteiger partial charge is 0.0434 e. The van der Waals surface area contributed by atoms with Gasteiger partial charge in [-0.05, 0) is 30.5 Å². The predicted octanol–water partition coefficient (Wildman–Crippen LogP) is 1.70. The van der Waals surface area contributed by atoms with Crippen LogP contribution in [0.15, 0.2) is 24.3 Å². The van der Waals surface area contributed by atoms with E-state index < -0.39 is 0 Å². The minimum absolute atomic E-state index is 0.250. The van der Waals surface area contributed by atoms with Gasteiger partial charge in [-0.2, -0.15) is 0 Å². The second-order valence-corrected chi connectivity index (χ2v) is 3.62. The van der Waals surface area contributed by atoms with Gasteiger partial charge in [0, 0.05) is 24.5 Å².